The summed E-state index contributed by atoms with van der Waals surface area (Å²) in [5, 5.41) is 5.81. The van der Waals surface area contributed by atoms with Gasteiger partial charge in [0.1, 0.15) is 17.2 Å². The lowest BCUT2D eigenvalue weighted by Crippen LogP contribution is -2.43. The van der Waals surface area contributed by atoms with Gasteiger partial charge in [-0.1, -0.05) is 6.07 Å². The van der Waals surface area contributed by atoms with Crippen LogP contribution in [0.3, 0.4) is 0 Å². The Morgan fingerprint density at radius 2 is 1.97 bits per heavy atom. The molecule has 8 heteroatoms. The van der Waals surface area contributed by atoms with E-state index in [1.807, 2.05) is 12.1 Å². The van der Waals surface area contributed by atoms with E-state index in [0.717, 1.165) is 18.4 Å². The third kappa shape index (κ3) is 5.25. The van der Waals surface area contributed by atoms with E-state index in [0.29, 0.717) is 23.4 Å². The van der Waals surface area contributed by atoms with Crippen molar-refractivity contribution in [2.24, 2.45) is 0 Å². The van der Waals surface area contributed by atoms with Gasteiger partial charge >= 0.3 is 11.6 Å². The first kappa shape index (κ1) is 21.5. The molecule has 1 aromatic carbocycles. The summed E-state index contributed by atoms with van der Waals surface area (Å²) in [5.74, 6) is -1.12. The van der Waals surface area contributed by atoms with Crippen LogP contribution in [-0.2, 0) is 14.3 Å². The molecule has 1 atom stereocenters. The van der Waals surface area contributed by atoms with E-state index in [-0.39, 0.29) is 30.9 Å². The maximum Gasteiger partial charge on any atom is 0.349 e. The van der Waals surface area contributed by atoms with Crippen LogP contribution in [0.1, 0.15) is 61.4 Å². The van der Waals surface area contributed by atoms with Gasteiger partial charge in [0, 0.05) is 18.4 Å². The van der Waals surface area contributed by atoms with Crippen LogP contribution < -0.4 is 16.3 Å². The summed E-state index contributed by atoms with van der Waals surface area (Å²) in [4.78, 5) is 49.0. The molecule has 0 spiro atoms. The lowest BCUT2D eigenvalue weighted by atomic mass is 10.1. The van der Waals surface area contributed by atoms with E-state index in [2.05, 4.69) is 10.6 Å². The molecule has 1 saturated carbocycles. The quantitative estimate of drug-likeness (QED) is 0.480. The van der Waals surface area contributed by atoms with E-state index in [4.69, 9.17) is 9.15 Å². The van der Waals surface area contributed by atoms with Crippen molar-refractivity contribution < 1.29 is 23.5 Å². The SMILES string of the molecule is CCNC(=O)CCC(NC(=O)c1cc2cc(C3CC3)ccc2oc1=O)C(=O)OCC. The van der Waals surface area contributed by atoms with Crippen molar-refractivity contribution in [3.05, 3.63) is 45.8 Å². The van der Waals surface area contributed by atoms with Crippen LogP contribution in [0.25, 0.3) is 11.0 Å². The van der Waals surface area contributed by atoms with Crippen LogP contribution in [0.4, 0.5) is 0 Å². The van der Waals surface area contributed by atoms with Gasteiger partial charge < -0.3 is 19.8 Å². The van der Waals surface area contributed by atoms with Gasteiger partial charge in [-0.15, -0.1) is 0 Å². The number of ether oxygens (including phenoxy) is 1. The van der Waals surface area contributed by atoms with Crippen molar-refractivity contribution in [2.45, 2.75) is 51.5 Å². The maximum atomic E-state index is 12.8. The van der Waals surface area contributed by atoms with Crippen LogP contribution in [0.5, 0.6) is 0 Å². The first-order valence-corrected chi connectivity index (χ1v) is 10.2. The number of nitrogens with one attached hydrogen (secondary N) is 2. The highest BCUT2D eigenvalue weighted by Crippen LogP contribution is 2.40. The molecule has 1 aliphatic carbocycles. The highest BCUT2D eigenvalue weighted by molar-refractivity contribution is 5.98. The molecule has 1 heterocycles. The van der Waals surface area contributed by atoms with Crippen molar-refractivity contribution >= 4 is 28.8 Å². The van der Waals surface area contributed by atoms with Gasteiger partial charge in [-0.3, -0.25) is 9.59 Å². The van der Waals surface area contributed by atoms with Crippen molar-refractivity contribution in [2.75, 3.05) is 13.2 Å². The summed E-state index contributed by atoms with van der Waals surface area (Å²) < 4.78 is 10.3. The summed E-state index contributed by atoms with van der Waals surface area (Å²) in [5.41, 5.74) is 0.571. The molecule has 0 radical (unpaired) electrons. The average Bonchev–Trinajstić information content (AvgIpc) is 3.55. The number of carbonyl (C=O) groups is 3. The van der Waals surface area contributed by atoms with E-state index in [1.54, 1.807) is 19.9 Å². The zero-order chi connectivity index (χ0) is 21.7. The number of hydrogen-bond donors (Lipinski definition) is 2. The van der Waals surface area contributed by atoms with E-state index >= 15 is 0 Å². The Kier molecular flexibility index (Phi) is 6.87. The zero-order valence-corrected chi connectivity index (χ0v) is 17.2. The predicted molar refractivity (Wildman–Crippen MR) is 110 cm³/mol. The Morgan fingerprint density at radius 3 is 2.63 bits per heavy atom. The second kappa shape index (κ2) is 9.56. The first-order chi connectivity index (χ1) is 14.4. The minimum absolute atomic E-state index is 0.0364. The van der Waals surface area contributed by atoms with Crippen molar-refractivity contribution in [1.82, 2.24) is 10.6 Å². The molecule has 160 valence electrons. The van der Waals surface area contributed by atoms with Crippen LogP contribution in [0.15, 0.2) is 33.5 Å². The molecule has 30 heavy (non-hydrogen) atoms. The van der Waals surface area contributed by atoms with Gasteiger partial charge in [-0.05, 0) is 62.8 Å². The van der Waals surface area contributed by atoms with Gasteiger partial charge in [0.2, 0.25) is 5.91 Å². The summed E-state index contributed by atoms with van der Waals surface area (Å²) in [6, 6.07) is 6.02. The Bertz CT molecular complexity index is 1010. The van der Waals surface area contributed by atoms with E-state index in [9.17, 15) is 19.2 Å². The number of esters is 1. The largest absolute Gasteiger partial charge is 0.464 e. The summed E-state index contributed by atoms with van der Waals surface area (Å²) >= 11 is 0. The summed E-state index contributed by atoms with van der Waals surface area (Å²) in [6.07, 6.45) is 2.35. The molecule has 0 bridgehead atoms. The second-order valence-electron chi connectivity index (χ2n) is 7.29. The average molecular weight is 414 g/mol. The highest BCUT2D eigenvalue weighted by Gasteiger charge is 2.26. The Labute approximate surface area is 174 Å². The lowest BCUT2D eigenvalue weighted by Gasteiger charge is -2.17. The third-order valence-electron chi connectivity index (χ3n) is 4.96. The number of hydrogen-bond acceptors (Lipinski definition) is 6. The number of rotatable bonds is 9. The van der Waals surface area contributed by atoms with Crippen LogP contribution in [-0.4, -0.2) is 37.0 Å². The van der Waals surface area contributed by atoms with Gasteiger partial charge in [-0.2, -0.15) is 0 Å². The number of benzene rings is 1. The number of carbonyl (C=O) groups excluding carboxylic acids is 3. The molecular formula is C22H26N2O6. The zero-order valence-electron chi connectivity index (χ0n) is 17.2. The Morgan fingerprint density at radius 1 is 1.20 bits per heavy atom. The number of fused-ring (bicyclic) bond motifs is 1. The van der Waals surface area contributed by atoms with E-state index in [1.165, 1.54) is 6.07 Å². The molecule has 1 fully saturated rings. The van der Waals surface area contributed by atoms with Crippen molar-refractivity contribution in [1.29, 1.82) is 0 Å². The molecule has 0 aliphatic heterocycles. The fraction of sp³-hybridized carbons (Fsp3) is 0.455. The second-order valence-corrected chi connectivity index (χ2v) is 7.29. The van der Waals surface area contributed by atoms with Crippen LogP contribution >= 0.6 is 0 Å². The molecule has 0 saturated heterocycles. The fourth-order valence-corrected chi connectivity index (χ4v) is 3.26. The molecule has 3 rings (SSSR count). The van der Waals surface area contributed by atoms with Gasteiger partial charge in [0.25, 0.3) is 5.91 Å². The lowest BCUT2D eigenvalue weighted by molar-refractivity contribution is -0.145. The summed E-state index contributed by atoms with van der Waals surface area (Å²) in [7, 11) is 0. The third-order valence-corrected chi connectivity index (χ3v) is 4.96. The molecular weight excluding hydrogens is 388 g/mol. The molecule has 8 nitrogen and oxygen atoms in total. The minimum Gasteiger partial charge on any atom is -0.464 e. The maximum absolute atomic E-state index is 12.8. The Balaban J connectivity index is 1.80. The topological polar surface area (TPSA) is 115 Å². The summed E-state index contributed by atoms with van der Waals surface area (Å²) in [6.45, 7) is 4.04. The van der Waals surface area contributed by atoms with Crippen molar-refractivity contribution in [3.8, 4) is 0 Å². The predicted octanol–water partition coefficient (Wildman–Crippen LogP) is 2.25. The van der Waals surface area contributed by atoms with E-state index < -0.39 is 23.5 Å². The minimum atomic E-state index is -1.05. The number of amides is 2. The fourth-order valence-electron chi connectivity index (χ4n) is 3.26. The molecule has 2 N–H and O–H groups in total. The molecule has 1 unspecified atom stereocenters. The molecule has 1 aromatic heterocycles. The smallest absolute Gasteiger partial charge is 0.349 e. The molecule has 2 amide bonds. The van der Waals surface area contributed by atoms with Crippen LogP contribution in [0, 0.1) is 0 Å². The standard InChI is InChI=1S/C22H26N2O6/c1-3-23-19(25)10-8-17(22(28)29-4-2)24-20(26)16-12-15-11-14(13-5-6-13)7-9-18(15)30-21(16)27/h7,9,11-13,17H,3-6,8,10H2,1-2H3,(H,23,25)(H,24,26). The molecule has 1 aliphatic rings. The monoisotopic (exact) mass is 414 g/mol. The molecule has 2 aromatic rings. The van der Waals surface area contributed by atoms with Gasteiger partial charge in [-0.25, -0.2) is 9.59 Å². The normalized spacial score (nSPS) is 14.2. The first-order valence-electron chi connectivity index (χ1n) is 10.2. The van der Waals surface area contributed by atoms with Crippen molar-refractivity contribution in [3.63, 3.8) is 0 Å². The highest BCUT2D eigenvalue weighted by atomic mass is 16.5. The van der Waals surface area contributed by atoms with Gasteiger partial charge in [0.15, 0.2) is 0 Å². The Hall–Kier alpha value is -3.16. The van der Waals surface area contributed by atoms with Gasteiger partial charge in [0.05, 0.1) is 6.61 Å². The van der Waals surface area contributed by atoms with Crippen LogP contribution in [0.2, 0.25) is 0 Å².